The molecule has 0 bridgehead atoms. The molecule has 0 spiro atoms. The molecular formula is C32H54Mn2N4-10. The molecule has 0 fully saturated rings. The van der Waals surface area contributed by atoms with Crippen LogP contribution in [-0.2, 0) is 47.0 Å². The van der Waals surface area contributed by atoms with E-state index in [-0.39, 0.29) is 75.7 Å². The Kier molecular flexibility index (Phi) is 53.0. The Balaban J connectivity index is -0.0000000611. The molecule has 6 heteroatoms. The van der Waals surface area contributed by atoms with Crippen molar-refractivity contribution in [2.45, 2.75) is 72.6 Å². The zero-order valence-electron chi connectivity index (χ0n) is 25.7. The summed E-state index contributed by atoms with van der Waals surface area (Å²) in [5.74, 6) is -0.405. The van der Waals surface area contributed by atoms with Gasteiger partial charge in [-0.15, -0.1) is 30.8 Å². The summed E-state index contributed by atoms with van der Waals surface area (Å²) >= 11 is 0. The molecule has 4 nitrogen and oxygen atoms in total. The van der Waals surface area contributed by atoms with Crippen molar-refractivity contribution < 1.29 is 34.1 Å². The first-order valence-corrected chi connectivity index (χ1v) is 11.5. The van der Waals surface area contributed by atoms with Crippen LogP contribution in [0.1, 0.15) is 82.6 Å². The maximum absolute atomic E-state index is 9.54. The van der Waals surface area contributed by atoms with Gasteiger partial charge in [0.05, 0.1) is 0 Å². The Bertz CT molecular complexity index is 793. The van der Waals surface area contributed by atoms with E-state index in [1.807, 2.05) is 77.9 Å². The second-order valence-electron chi connectivity index (χ2n) is 6.30. The predicted octanol–water partition coefficient (Wildman–Crippen LogP) is 9.98. The maximum atomic E-state index is 9.54. The van der Waals surface area contributed by atoms with Crippen molar-refractivity contribution >= 4 is 5.71 Å². The fraction of sp³-hybridized carbons (Fsp3) is 0.344. The first-order valence-electron chi connectivity index (χ1n) is 11.5. The molecule has 2 heterocycles. The average molecular weight is 605 g/mol. The molecule has 0 aliphatic rings. The average Bonchev–Trinajstić information content (AvgIpc) is 2.89. The first-order chi connectivity index (χ1) is 15.4. The minimum Gasteiger partial charge on any atom is -0.813 e. The Hall–Kier alpha value is -1.45. The number of nitrogens with zero attached hydrogens (tertiary/aromatic N) is 3. The monoisotopic (exact) mass is 604 g/mol. The number of allylic oxidation sites excluding steroid dienone is 2. The molecule has 2 aromatic heterocycles. The summed E-state index contributed by atoms with van der Waals surface area (Å²) < 4.78 is 0. The third kappa shape index (κ3) is 21.5. The quantitative estimate of drug-likeness (QED) is 0.179. The van der Waals surface area contributed by atoms with Gasteiger partial charge in [0.25, 0.3) is 0 Å². The van der Waals surface area contributed by atoms with E-state index < -0.39 is 0 Å². The van der Waals surface area contributed by atoms with Crippen molar-refractivity contribution in [3.63, 3.8) is 0 Å². The molecular weight excluding hydrogens is 550 g/mol. The van der Waals surface area contributed by atoms with Crippen LogP contribution in [-0.4, -0.2) is 15.7 Å². The fourth-order valence-corrected chi connectivity index (χ4v) is 2.44. The van der Waals surface area contributed by atoms with Gasteiger partial charge in [0.2, 0.25) is 0 Å². The van der Waals surface area contributed by atoms with Gasteiger partial charge in [-0.05, 0) is 31.2 Å². The number of rotatable bonds is 7. The van der Waals surface area contributed by atoms with Crippen LogP contribution in [0.4, 0.5) is 0 Å². The molecule has 2 aromatic rings. The standard InChI is InChI=1S/2C12H15N2.2C2H6.4CH3.2Mn/c2*1-4-10-7-6-8-12(14-10)9(3)11(13)5-2;2*1-2;;;;;;/h6-9H,1,3-5H2,2H3;5-9,13H,1,3-4H2,2H3;2*1-2H3;4*1H3;;/q2*-3;;;4*-1;;/b;11-5+;;;;;;;;. The van der Waals surface area contributed by atoms with Crippen LogP contribution < -0.4 is 0 Å². The summed E-state index contributed by atoms with van der Waals surface area (Å²) in [6.45, 7) is 27.1. The Morgan fingerprint density at radius 1 is 0.816 bits per heavy atom. The molecule has 2 unspecified atom stereocenters. The van der Waals surface area contributed by atoms with Gasteiger partial charge >= 0.3 is 0 Å². The van der Waals surface area contributed by atoms with E-state index in [9.17, 15) is 5.41 Å². The van der Waals surface area contributed by atoms with E-state index in [2.05, 4.69) is 37.7 Å². The number of hydrogen-bond donors (Lipinski definition) is 0. The predicted molar refractivity (Wildman–Crippen MR) is 168 cm³/mol. The largest absolute Gasteiger partial charge is 0.813 e. The maximum Gasteiger partial charge on any atom is 0.0161 e. The second kappa shape index (κ2) is 35.5. The molecule has 0 aliphatic carbocycles. The van der Waals surface area contributed by atoms with Gasteiger partial charge in [-0.25, -0.2) is 5.71 Å². The van der Waals surface area contributed by atoms with Crippen molar-refractivity contribution in [3.8, 4) is 0 Å². The van der Waals surface area contributed by atoms with Crippen LogP contribution in [0.25, 0.3) is 11.1 Å². The van der Waals surface area contributed by atoms with E-state index in [4.69, 9.17) is 5.73 Å². The fourth-order valence-electron chi connectivity index (χ4n) is 2.44. The molecule has 0 aromatic carbocycles. The minimum atomic E-state index is -0.230. The van der Waals surface area contributed by atoms with E-state index >= 15 is 0 Å². The summed E-state index contributed by atoms with van der Waals surface area (Å²) in [7, 11) is 0. The molecule has 38 heavy (non-hydrogen) atoms. The van der Waals surface area contributed by atoms with E-state index in [0.717, 1.165) is 22.8 Å². The molecule has 2 rings (SSSR count). The van der Waals surface area contributed by atoms with Crippen LogP contribution in [0.5, 0.6) is 0 Å². The second-order valence-corrected chi connectivity index (χ2v) is 6.30. The molecule has 2 radical (unpaired) electrons. The molecule has 0 saturated heterocycles. The van der Waals surface area contributed by atoms with Crippen molar-refractivity contribution in [1.82, 2.24) is 9.97 Å². The van der Waals surface area contributed by atoms with Gasteiger partial charge in [-0.3, -0.25) is 9.97 Å². The van der Waals surface area contributed by atoms with Gasteiger partial charge in [-0.1, -0.05) is 53.2 Å². The van der Waals surface area contributed by atoms with Crippen molar-refractivity contribution in [1.29, 1.82) is 0 Å². The van der Waals surface area contributed by atoms with E-state index in [1.54, 1.807) is 6.08 Å². The van der Waals surface area contributed by atoms with Crippen molar-refractivity contribution in [3.05, 3.63) is 139 Å². The third-order valence-electron chi connectivity index (χ3n) is 4.33. The zero-order chi connectivity index (χ0) is 25.1. The van der Waals surface area contributed by atoms with Crippen LogP contribution in [0.3, 0.4) is 0 Å². The van der Waals surface area contributed by atoms with Crippen molar-refractivity contribution in [2.24, 2.45) is 0 Å². The molecule has 1 N–H and O–H groups in total. The van der Waals surface area contributed by atoms with Gasteiger partial charge < -0.3 is 68.5 Å². The van der Waals surface area contributed by atoms with Crippen LogP contribution in [0.15, 0.2) is 48.2 Å². The summed E-state index contributed by atoms with van der Waals surface area (Å²) in [6, 6.07) is 11.5. The van der Waals surface area contributed by atoms with Crippen molar-refractivity contribution in [2.75, 3.05) is 0 Å². The van der Waals surface area contributed by atoms with Crippen LogP contribution in [0, 0.1) is 57.4 Å². The number of aromatic nitrogens is 2. The van der Waals surface area contributed by atoms with Gasteiger partial charge in [-0.2, -0.15) is 5.70 Å². The number of pyridine rings is 2. The molecule has 226 valence electrons. The van der Waals surface area contributed by atoms with Crippen LogP contribution in [0.2, 0.25) is 0 Å². The zero-order valence-corrected chi connectivity index (χ0v) is 28.1. The summed E-state index contributed by atoms with van der Waals surface area (Å²) in [5.41, 5.74) is 12.0. The van der Waals surface area contributed by atoms with Gasteiger partial charge in [0.1, 0.15) is 0 Å². The molecule has 0 aliphatic heterocycles. The SMILES string of the molecule is CC.CC.[CH2-]Cc1cccc(C([CH2-])/C([NH-])=C\C)n1.[CH2-]Cc1cccc(C([CH2-])C(=[N-])CC)n1.[CH3-].[CH3-].[CH3-].[CH3-].[Mn].[Mn]. The summed E-state index contributed by atoms with van der Waals surface area (Å²) in [6.07, 6.45) is 3.69. The third-order valence-corrected chi connectivity index (χ3v) is 4.33. The topological polar surface area (TPSA) is 71.9 Å². The van der Waals surface area contributed by atoms with Crippen LogP contribution >= 0.6 is 0 Å². The minimum absolute atomic E-state index is 0. The van der Waals surface area contributed by atoms with E-state index in [1.165, 1.54) is 0 Å². The normalized spacial score (nSPS) is 10.1. The Morgan fingerprint density at radius 2 is 1.16 bits per heavy atom. The number of nitrogens with one attached hydrogen (secondary N) is 1. The Morgan fingerprint density at radius 3 is 1.45 bits per heavy atom. The van der Waals surface area contributed by atoms with E-state index in [0.29, 0.717) is 30.7 Å². The molecule has 2 atom stereocenters. The smallest absolute Gasteiger partial charge is 0.0161 e. The molecule has 0 amide bonds. The van der Waals surface area contributed by atoms with Gasteiger partial charge in [0.15, 0.2) is 0 Å². The molecule has 0 saturated carbocycles. The summed E-state index contributed by atoms with van der Waals surface area (Å²) in [4.78, 5) is 8.73. The van der Waals surface area contributed by atoms with Gasteiger partial charge in [0, 0.05) is 56.9 Å². The number of hydrogen-bond acceptors (Lipinski definition) is 2. The Labute approximate surface area is 261 Å². The summed E-state index contributed by atoms with van der Waals surface area (Å²) in [5, 5.41) is 9.54. The first kappa shape index (κ1) is 56.7.